The van der Waals surface area contributed by atoms with Crippen LogP contribution in [-0.2, 0) is 13.1 Å². The van der Waals surface area contributed by atoms with Gasteiger partial charge in [0.2, 0.25) is 0 Å². The predicted molar refractivity (Wildman–Crippen MR) is 109 cm³/mol. The Labute approximate surface area is 161 Å². The number of aliphatic hydroxyl groups excluding tert-OH is 1. The van der Waals surface area contributed by atoms with E-state index in [0.29, 0.717) is 12.0 Å². The molecule has 142 valence electrons. The molecule has 0 saturated carbocycles. The highest BCUT2D eigenvalue weighted by atomic mass is 32.1. The number of benzene rings is 1. The molecule has 1 fully saturated rings. The molecule has 4 nitrogen and oxygen atoms in total. The summed E-state index contributed by atoms with van der Waals surface area (Å²) in [6.07, 6.45) is 0.831. The van der Waals surface area contributed by atoms with Crippen molar-refractivity contribution in [3.63, 3.8) is 0 Å². The molecule has 0 aliphatic carbocycles. The van der Waals surface area contributed by atoms with E-state index in [1.54, 1.807) is 11.3 Å². The van der Waals surface area contributed by atoms with Crippen molar-refractivity contribution in [1.29, 1.82) is 0 Å². The van der Waals surface area contributed by atoms with Gasteiger partial charge in [-0.1, -0.05) is 43.7 Å². The zero-order chi connectivity index (χ0) is 18.5. The lowest BCUT2D eigenvalue weighted by Gasteiger charge is -2.41. The van der Waals surface area contributed by atoms with Gasteiger partial charge in [0.1, 0.15) is 5.01 Å². The first-order valence-corrected chi connectivity index (χ1v) is 10.5. The summed E-state index contributed by atoms with van der Waals surface area (Å²) < 4.78 is 0. The number of nitrogens with zero attached hydrogens (tertiary/aromatic N) is 3. The van der Waals surface area contributed by atoms with Crippen molar-refractivity contribution >= 4 is 11.3 Å². The summed E-state index contributed by atoms with van der Waals surface area (Å²) in [5, 5.41) is 12.9. The van der Waals surface area contributed by atoms with Gasteiger partial charge in [-0.05, 0) is 24.8 Å². The van der Waals surface area contributed by atoms with Crippen molar-refractivity contribution in [2.75, 3.05) is 26.2 Å². The van der Waals surface area contributed by atoms with Gasteiger partial charge in [-0.25, -0.2) is 4.98 Å². The number of aliphatic hydroxyl groups is 1. The third kappa shape index (κ3) is 5.13. The first kappa shape index (κ1) is 19.5. The molecule has 26 heavy (non-hydrogen) atoms. The van der Waals surface area contributed by atoms with Gasteiger partial charge >= 0.3 is 0 Å². The van der Waals surface area contributed by atoms with E-state index in [1.807, 2.05) is 0 Å². The lowest BCUT2D eigenvalue weighted by atomic mass is 10.1. The van der Waals surface area contributed by atoms with E-state index in [0.717, 1.165) is 39.1 Å². The summed E-state index contributed by atoms with van der Waals surface area (Å²) in [6.45, 7) is 11.8. The molecule has 1 aliphatic rings. The van der Waals surface area contributed by atoms with Crippen LogP contribution in [0.25, 0.3) is 0 Å². The average Bonchev–Trinajstić information content (AvgIpc) is 3.08. The minimum absolute atomic E-state index is 0.248. The number of hydrogen-bond acceptors (Lipinski definition) is 5. The van der Waals surface area contributed by atoms with E-state index in [9.17, 15) is 5.11 Å². The molecule has 5 heteroatoms. The fourth-order valence-corrected chi connectivity index (χ4v) is 4.51. The van der Waals surface area contributed by atoms with Crippen LogP contribution < -0.4 is 0 Å². The molecule has 0 unspecified atom stereocenters. The summed E-state index contributed by atoms with van der Waals surface area (Å²) in [5.41, 5.74) is 3.86. The van der Waals surface area contributed by atoms with Crippen LogP contribution in [0.5, 0.6) is 0 Å². The van der Waals surface area contributed by atoms with Crippen molar-refractivity contribution in [3.05, 3.63) is 51.5 Å². The fraction of sp³-hybridized carbons (Fsp3) is 0.571. The predicted octanol–water partition coefficient (Wildman–Crippen LogP) is 3.64. The van der Waals surface area contributed by atoms with E-state index in [4.69, 9.17) is 4.98 Å². The SMILES string of the molecule is Cc1ccc(CN2CCN(Cc3nc(C(C)C)cs3)C[C@@H]2CCO)cc1. The zero-order valence-corrected chi connectivity index (χ0v) is 17.0. The lowest BCUT2D eigenvalue weighted by Crippen LogP contribution is -2.52. The van der Waals surface area contributed by atoms with Crippen LogP contribution in [-0.4, -0.2) is 52.2 Å². The van der Waals surface area contributed by atoms with Crippen molar-refractivity contribution in [2.45, 2.75) is 52.2 Å². The first-order chi connectivity index (χ1) is 12.5. The van der Waals surface area contributed by atoms with Crippen molar-refractivity contribution < 1.29 is 5.11 Å². The van der Waals surface area contributed by atoms with Crippen molar-refractivity contribution in [3.8, 4) is 0 Å². The molecule has 0 bridgehead atoms. The minimum atomic E-state index is 0.248. The second kappa shape index (κ2) is 9.09. The van der Waals surface area contributed by atoms with Crippen LogP contribution in [0, 0.1) is 6.92 Å². The third-order valence-corrected chi connectivity index (χ3v) is 6.03. The largest absolute Gasteiger partial charge is 0.396 e. The summed E-state index contributed by atoms with van der Waals surface area (Å²) >= 11 is 1.78. The van der Waals surface area contributed by atoms with Crippen LogP contribution in [0.2, 0.25) is 0 Å². The lowest BCUT2D eigenvalue weighted by molar-refractivity contribution is 0.0499. The zero-order valence-electron chi connectivity index (χ0n) is 16.2. The van der Waals surface area contributed by atoms with Gasteiger partial charge in [-0.2, -0.15) is 0 Å². The summed E-state index contributed by atoms with van der Waals surface area (Å²) in [4.78, 5) is 9.81. The van der Waals surface area contributed by atoms with Crippen molar-refractivity contribution in [1.82, 2.24) is 14.8 Å². The van der Waals surface area contributed by atoms with Crippen LogP contribution in [0.3, 0.4) is 0 Å². The smallest absolute Gasteiger partial charge is 0.107 e. The maximum Gasteiger partial charge on any atom is 0.107 e. The van der Waals surface area contributed by atoms with E-state index in [1.165, 1.54) is 21.8 Å². The van der Waals surface area contributed by atoms with E-state index in [2.05, 4.69) is 60.2 Å². The maximum atomic E-state index is 9.52. The Hall–Kier alpha value is -1.27. The molecule has 2 aromatic rings. The number of piperazine rings is 1. The second-order valence-corrected chi connectivity index (χ2v) is 8.62. The number of aromatic nitrogens is 1. The Bertz CT molecular complexity index is 683. The molecule has 1 saturated heterocycles. The third-order valence-electron chi connectivity index (χ3n) is 5.18. The van der Waals surface area contributed by atoms with Crippen LogP contribution >= 0.6 is 11.3 Å². The normalized spacial score (nSPS) is 19.3. The molecule has 0 spiro atoms. The molecule has 3 rings (SSSR count). The highest BCUT2D eigenvalue weighted by Crippen LogP contribution is 2.22. The quantitative estimate of drug-likeness (QED) is 0.804. The second-order valence-electron chi connectivity index (χ2n) is 7.68. The molecule has 1 aromatic carbocycles. The Kier molecular flexibility index (Phi) is 6.81. The highest BCUT2D eigenvalue weighted by molar-refractivity contribution is 7.09. The molecular formula is C21H31N3OS. The molecule has 0 radical (unpaired) electrons. The molecule has 2 heterocycles. The Balaban J connectivity index is 1.60. The van der Waals surface area contributed by atoms with Crippen LogP contribution in [0.1, 0.15) is 48.0 Å². The van der Waals surface area contributed by atoms with E-state index >= 15 is 0 Å². The monoisotopic (exact) mass is 373 g/mol. The Morgan fingerprint density at radius 2 is 1.96 bits per heavy atom. The fourth-order valence-electron chi connectivity index (χ4n) is 3.51. The highest BCUT2D eigenvalue weighted by Gasteiger charge is 2.27. The van der Waals surface area contributed by atoms with Gasteiger partial charge < -0.3 is 5.11 Å². The summed E-state index contributed by atoms with van der Waals surface area (Å²) in [6, 6.07) is 9.21. The van der Waals surface area contributed by atoms with Crippen LogP contribution in [0.15, 0.2) is 29.6 Å². The van der Waals surface area contributed by atoms with Gasteiger partial charge in [0.25, 0.3) is 0 Å². The Morgan fingerprint density at radius 1 is 1.19 bits per heavy atom. The van der Waals surface area contributed by atoms with Crippen molar-refractivity contribution in [2.24, 2.45) is 0 Å². The molecule has 1 atom stereocenters. The van der Waals surface area contributed by atoms with Gasteiger partial charge in [0.05, 0.1) is 12.2 Å². The average molecular weight is 374 g/mol. The number of hydrogen-bond donors (Lipinski definition) is 1. The molecular weight excluding hydrogens is 342 g/mol. The number of rotatable bonds is 7. The maximum absolute atomic E-state index is 9.52. The summed E-state index contributed by atoms with van der Waals surface area (Å²) in [5.74, 6) is 0.494. The van der Waals surface area contributed by atoms with Gasteiger partial charge in [-0.3, -0.25) is 9.80 Å². The number of aryl methyl sites for hydroxylation is 1. The molecule has 1 aromatic heterocycles. The topological polar surface area (TPSA) is 39.6 Å². The van der Waals surface area contributed by atoms with E-state index in [-0.39, 0.29) is 6.61 Å². The number of thiazole rings is 1. The standard InChI is InChI=1S/C21H31N3OS/c1-16(2)20-15-26-21(22-20)14-23-9-10-24(19(13-23)8-11-25)12-18-6-4-17(3)5-7-18/h4-7,15-16,19,25H,8-14H2,1-3H3/t19-/m0/s1. The van der Waals surface area contributed by atoms with Gasteiger partial charge in [0.15, 0.2) is 0 Å². The first-order valence-electron chi connectivity index (χ1n) is 9.62. The summed E-state index contributed by atoms with van der Waals surface area (Å²) in [7, 11) is 0. The Morgan fingerprint density at radius 3 is 2.62 bits per heavy atom. The van der Waals surface area contributed by atoms with Crippen LogP contribution in [0.4, 0.5) is 0 Å². The molecule has 0 amide bonds. The molecule has 1 N–H and O–H groups in total. The minimum Gasteiger partial charge on any atom is -0.396 e. The molecule has 1 aliphatic heterocycles. The van der Waals surface area contributed by atoms with Gasteiger partial charge in [0, 0.05) is 44.2 Å². The van der Waals surface area contributed by atoms with E-state index < -0.39 is 0 Å². The van der Waals surface area contributed by atoms with Gasteiger partial charge in [-0.15, -0.1) is 11.3 Å².